The number of hydrogen-bond acceptors (Lipinski definition) is 3. The summed E-state index contributed by atoms with van der Waals surface area (Å²) in [4.78, 5) is 0. The van der Waals surface area contributed by atoms with Gasteiger partial charge in [0.2, 0.25) is 10.0 Å². The Bertz CT molecular complexity index is 495. The van der Waals surface area contributed by atoms with Crippen molar-refractivity contribution in [2.24, 2.45) is 5.92 Å². The van der Waals surface area contributed by atoms with Crippen molar-refractivity contribution >= 4 is 10.0 Å². The predicted molar refractivity (Wildman–Crippen MR) is 80.1 cm³/mol. The molecule has 5 heteroatoms. The number of rotatable bonds is 7. The summed E-state index contributed by atoms with van der Waals surface area (Å²) in [5.74, 6) is 0.330. The second kappa shape index (κ2) is 7.20. The molecule has 0 aromatic heterocycles. The largest absolute Gasteiger partial charge is 0.381 e. The smallest absolute Gasteiger partial charge is 0.212 e. The minimum Gasteiger partial charge on any atom is -0.381 e. The molecule has 1 fully saturated rings. The van der Waals surface area contributed by atoms with Crippen molar-refractivity contribution in [1.29, 1.82) is 0 Å². The first-order chi connectivity index (χ1) is 9.55. The summed E-state index contributed by atoms with van der Waals surface area (Å²) in [5, 5.41) is 0. The van der Waals surface area contributed by atoms with E-state index in [9.17, 15) is 8.42 Å². The normalized spacial score (nSPS) is 20.9. The second-order valence-corrected chi connectivity index (χ2v) is 7.35. The zero-order valence-corrected chi connectivity index (χ0v) is 12.7. The molecule has 112 valence electrons. The standard InChI is InChI=1S/C15H23NO3S/c1-13(7-8-14-5-3-2-4-6-14)16-20(17,18)12-15-9-10-19-11-15/h2-6,13,15-16H,7-12H2,1H3. The van der Waals surface area contributed by atoms with E-state index >= 15 is 0 Å². The lowest BCUT2D eigenvalue weighted by molar-refractivity contribution is 0.188. The molecular formula is C15H23NO3S. The molecule has 1 N–H and O–H groups in total. The maximum Gasteiger partial charge on any atom is 0.212 e. The number of benzene rings is 1. The van der Waals surface area contributed by atoms with E-state index in [1.165, 1.54) is 5.56 Å². The predicted octanol–water partition coefficient (Wildman–Crippen LogP) is 1.96. The van der Waals surface area contributed by atoms with Gasteiger partial charge in [0.15, 0.2) is 0 Å². The first-order valence-corrected chi connectivity index (χ1v) is 8.82. The van der Waals surface area contributed by atoms with Crippen molar-refractivity contribution < 1.29 is 13.2 Å². The van der Waals surface area contributed by atoms with E-state index in [1.54, 1.807) is 0 Å². The SMILES string of the molecule is CC(CCc1ccccc1)NS(=O)(=O)CC1CCOC1. The van der Waals surface area contributed by atoms with Gasteiger partial charge in [-0.3, -0.25) is 0 Å². The molecule has 1 saturated heterocycles. The molecule has 0 spiro atoms. The Kier molecular flexibility index (Phi) is 5.57. The number of hydrogen-bond donors (Lipinski definition) is 1. The van der Waals surface area contributed by atoms with Crippen LogP contribution in [0.2, 0.25) is 0 Å². The Balaban J connectivity index is 1.76. The van der Waals surface area contributed by atoms with Crippen LogP contribution in [0, 0.1) is 5.92 Å². The fraction of sp³-hybridized carbons (Fsp3) is 0.600. The summed E-state index contributed by atoms with van der Waals surface area (Å²) in [5.41, 5.74) is 1.24. The molecule has 1 aromatic carbocycles. The highest BCUT2D eigenvalue weighted by Gasteiger charge is 2.24. The van der Waals surface area contributed by atoms with Crippen LogP contribution < -0.4 is 4.72 Å². The molecule has 2 atom stereocenters. The number of nitrogens with one attached hydrogen (secondary N) is 1. The zero-order chi connectivity index (χ0) is 14.4. The van der Waals surface area contributed by atoms with Gasteiger partial charge >= 0.3 is 0 Å². The van der Waals surface area contributed by atoms with Crippen molar-refractivity contribution in [2.75, 3.05) is 19.0 Å². The van der Waals surface area contributed by atoms with E-state index in [1.807, 2.05) is 25.1 Å². The van der Waals surface area contributed by atoms with Crippen LogP contribution in [-0.4, -0.2) is 33.4 Å². The van der Waals surface area contributed by atoms with E-state index in [4.69, 9.17) is 4.74 Å². The maximum absolute atomic E-state index is 12.0. The third-order valence-electron chi connectivity index (χ3n) is 3.57. The summed E-state index contributed by atoms with van der Waals surface area (Å²) >= 11 is 0. The van der Waals surface area contributed by atoms with Crippen LogP contribution in [0.3, 0.4) is 0 Å². The molecule has 0 aliphatic carbocycles. The van der Waals surface area contributed by atoms with E-state index < -0.39 is 10.0 Å². The first kappa shape index (κ1) is 15.5. The Labute approximate surface area is 121 Å². The van der Waals surface area contributed by atoms with Crippen LogP contribution in [-0.2, 0) is 21.2 Å². The van der Waals surface area contributed by atoms with E-state index in [0.717, 1.165) is 19.3 Å². The Morgan fingerprint density at radius 2 is 2.10 bits per heavy atom. The Morgan fingerprint density at radius 1 is 1.35 bits per heavy atom. The van der Waals surface area contributed by atoms with Crippen LogP contribution in [0.25, 0.3) is 0 Å². The quantitative estimate of drug-likeness (QED) is 0.837. The molecule has 4 nitrogen and oxygen atoms in total. The minimum absolute atomic E-state index is 0.0393. The Morgan fingerprint density at radius 3 is 2.75 bits per heavy atom. The lowest BCUT2D eigenvalue weighted by Crippen LogP contribution is -2.36. The topological polar surface area (TPSA) is 55.4 Å². The number of aryl methyl sites for hydroxylation is 1. The van der Waals surface area contributed by atoms with Crippen LogP contribution in [0.1, 0.15) is 25.3 Å². The minimum atomic E-state index is -3.20. The van der Waals surface area contributed by atoms with Crippen LogP contribution >= 0.6 is 0 Å². The summed E-state index contributed by atoms with van der Waals surface area (Å²) in [7, 11) is -3.20. The maximum atomic E-state index is 12.0. The van der Waals surface area contributed by atoms with Gasteiger partial charge in [0.1, 0.15) is 0 Å². The molecule has 1 aromatic rings. The molecule has 0 radical (unpaired) electrons. The molecule has 1 aliphatic heterocycles. The highest BCUT2D eigenvalue weighted by atomic mass is 32.2. The molecule has 2 rings (SSSR count). The van der Waals surface area contributed by atoms with Crippen molar-refractivity contribution in [2.45, 2.75) is 32.2 Å². The van der Waals surface area contributed by atoms with Crippen LogP contribution in [0.4, 0.5) is 0 Å². The van der Waals surface area contributed by atoms with Crippen LogP contribution in [0.5, 0.6) is 0 Å². The second-order valence-electron chi connectivity index (χ2n) is 5.55. The van der Waals surface area contributed by atoms with Crippen molar-refractivity contribution in [3.63, 3.8) is 0 Å². The highest BCUT2D eigenvalue weighted by molar-refractivity contribution is 7.89. The third-order valence-corrected chi connectivity index (χ3v) is 5.24. The van der Waals surface area contributed by atoms with Crippen molar-refractivity contribution in [3.05, 3.63) is 35.9 Å². The van der Waals surface area contributed by atoms with Gasteiger partial charge in [-0.25, -0.2) is 13.1 Å². The molecule has 20 heavy (non-hydrogen) atoms. The summed E-state index contributed by atoms with van der Waals surface area (Å²) in [6.45, 7) is 3.18. The molecule has 1 aliphatic rings. The molecule has 0 saturated carbocycles. The first-order valence-electron chi connectivity index (χ1n) is 7.17. The third kappa shape index (κ3) is 5.23. The molecule has 2 unspecified atom stereocenters. The lowest BCUT2D eigenvalue weighted by Gasteiger charge is -2.16. The molecule has 0 bridgehead atoms. The molecular weight excluding hydrogens is 274 g/mol. The van der Waals surface area contributed by atoms with Gasteiger partial charge < -0.3 is 4.74 Å². The molecule has 1 heterocycles. The fourth-order valence-electron chi connectivity index (χ4n) is 2.47. The summed E-state index contributed by atoms with van der Waals surface area (Å²) in [6, 6.07) is 10.1. The zero-order valence-electron chi connectivity index (χ0n) is 11.9. The number of sulfonamides is 1. The average Bonchev–Trinajstić information content (AvgIpc) is 2.89. The van der Waals surface area contributed by atoms with Gasteiger partial charge in [0, 0.05) is 12.6 Å². The lowest BCUT2D eigenvalue weighted by atomic mass is 10.1. The average molecular weight is 297 g/mol. The number of ether oxygens (including phenoxy) is 1. The highest BCUT2D eigenvalue weighted by Crippen LogP contribution is 2.14. The van der Waals surface area contributed by atoms with E-state index in [-0.39, 0.29) is 17.7 Å². The van der Waals surface area contributed by atoms with Crippen molar-refractivity contribution in [3.8, 4) is 0 Å². The fourth-order valence-corrected chi connectivity index (χ4v) is 4.18. The van der Waals surface area contributed by atoms with Gasteiger partial charge in [-0.05, 0) is 37.7 Å². The van der Waals surface area contributed by atoms with Gasteiger partial charge in [-0.15, -0.1) is 0 Å². The van der Waals surface area contributed by atoms with Crippen molar-refractivity contribution in [1.82, 2.24) is 4.72 Å². The monoisotopic (exact) mass is 297 g/mol. The Hall–Kier alpha value is -0.910. The van der Waals surface area contributed by atoms with Gasteiger partial charge in [0.05, 0.1) is 12.4 Å². The van der Waals surface area contributed by atoms with Gasteiger partial charge in [0.25, 0.3) is 0 Å². The summed E-state index contributed by atoms with van der Waals surface area (Å²) in [6.07, 6.45) is 2.54. The summed E-state index contributed by atoms with van der Waals surface area (Å²) < 4.78 is 32.1. The van der Waals surface area contributed by atoms with E-state index in [0.29, 0.717) is 13.2 Å². The molecule has 0 amide bonds. The van der Waals surface area contributed by atoms with Gasteiger partial charge in [-0.1, -0.05) is 30.3 Å². The van der Waals surface area contributed by atoms with E-state index in [2.05, 4.69) is 16.9 Å². The van der Waals surface area contributed by atoms with Crippen LogP contribution in [0.15, 0.2) is 30.3 Å². The van der Waals surface area contributed by atoms with Gasteiger partial charge in [-0.2, -0.15) is 0 Å².